The molecule has 4 rings (SSSR count). The first-order valence-electron chi connectivity index (χ1n) is 8.38. The summed E-state index contributed by atoms with van der Waals surface area (Å²) in [6, 6.07) is 8.30. The van der Waals surface area contributed by atoms with Crippen molar-refractivity contribution in [3.63, 3.8) is 0 Å². The highest BCUT2D eigenvalue weighted by Gasteiger charge is 2.51. The fourth-order valence-electron chi connectivity index (χ4n) is 4.03. The Bertz CT molecular complexity index is 713. The molecule has 2 aromatic rings. The van der Waals surface area contributed by atoms with Crippen LogP contribution in [0.1, 0.15) is 51.9 Å². The van der Waals surface area contributed by atoms with Gasteiger partial charge < -0.3 is 9.72 Å². The van der Waals surface area contributed by atoms with Gasteiger partial charge in [0.1, 0.15) is 11.4 Å². The molecule has 1 N–H and O–H groups in total. The predicted molar refractivity (Wildman–Crippen MR) is 88.0 cm³/mol. The number of fused-ring (bicyclic) bond motifs is 3. The van der Waals surface area contributed by atoms with Crippen LogP contribution in [0, 0.1) is 5.92 Å². The summed E-state index contributed by atoms with van der Waals surface area (Å²) in [5, 5.41) is 0. The summed E-state index contributed by atoms with van der Waals surface area (Å²) in [5.41, 5.74) is 1.50. The molecule has 23 heavy (non-hydrogen) atoms. The molecule has 5 heteroatoms. The number of amides is 1. The van der Waals surface area contributed by atoms with Crippen molar-refractivity contribution in [3.05, 3.63) is 30.1 Å². The molecule has 2 aliphatic rings. The minimum absolute atomic E-state index is 0.0102. The molecule has 0 unspecified atom stereocenters. The van der Waals surface area contributed by atoms with Crippen LogP contribution in [0.2, 0.25) is 0 Å². The fourth-order valence-corrected chi connectivity index (χ4v) is 4.03. The van der Waals surface area contributed by atoms with E-state index in [1.807, 2.05) is 49.9 Å². The number of rotatable bonds is 1. The highest BCUT2D eigenvalue weighted by molar-refractivity contribution is 5.75. The molecule has 122 valence electrons. The maximum atomic E-state index is 12.7. The molecule has 1 saturated carbocycles. The van der Waals surface area contributed by atoms with Gasteiger partial charge in [0.2, 0.25) is 0 Å². The Kier molecular flexibility index (Phi) is 3.15. The zero-order chi connectivity index (χ0) is 16.2. The Labute approximate surface area is 136 Å². The number of piperidine rings is 1. The molecular weight excluding hydrogens is 290 g/mol. The summed E-state index contributed by atoms with van der Waals surface area (Å²) in [6.07, 6.45) is 3.07. The monoisotopic (exact) mass is 313 g/mol. The van der Waals surface area contributed by atoms with E-state index in [0.29, 0.717) is 5.92 Å². The van der Waals surface area contributed by atoms with Crippen LogP contribution >= 0.6 is 0 Å². The van der Waals surface area contributed by atoms with Gasteiger partial charge in [0.15, 0.2) is 0 Å². The number of nitrogens with one attached hydrogen (secondary N) is 1. The number of nitrogens with zero attached hydrogens (tertiary/aromatic N) is 2. The average molecular weight is 313 g/mol. The Morgan fingerprint density at radius 1 is 1.30 bits per heavy atom. The molecule has 1 aliphatic carbocycles. The van der Waals surface area contributed by atoms with Crippen molar-refractivity contribution in [1.82, 2.24) is 14.9 Å². The van der Waals surface area contributed by atoms with Gasteiger partial charge in [-0.1, -0.05) is 12.1 Å². The molecular formula is C18H23N3O2. The molecule has 0 radical (unpaired) electrons. The van der Waals surface area contributed by atoms with E-state index >= 15 is 0 Å². The quantitative estimate of drug-likeness (QED) is 0.865. The van der Waals surface area contributed by atoms with Crippen molar-refractivity contribution in [2.75, 3.05) is 0 Å². The van der Waals surface area contributed by atoms with Gasteiger partial charge in [0.25, 0.3) is 0 Å². The van der Waals surface area contributed by atoms with E-state index in [0.717, 1.165) is 36.1 Å². The highest BCUT2D eigenvalue weighted by Crippen LogP contribution is 2.50. The first-order chi connectivity index (χ1) is 10.9. The fraction of sp³-hybridized carbons (Fsp3) is 0.556. The lowest BCUT2D eigenvalue weighted by Crippen LogP contribution is -2.43. The van der Waals surface area contributed by atoms with Gasteiger partial charge in [0.05, 0.1) is 17.1 Å². The predicted octanol–water partition coefficient (Wildman–Crippen LogP) is 4.02. The number of hydrogen-bond acceptors (Lipinski definition) is 3. The van der Waals surface area contributed by atoms with E-state index in [1.54, 1.807) is 0 Å². The molecule has 1 aromatic carbocycles. The molecule has 0 spiro atoms. The van der Waals surface area contributed by atoms with E-state index in [9.17, 15) is 4.79 Å². The van der Waals surface area contributed by atoms with Crippen LogP contribution in [0.5, 0.6) is 0 Å². The molecule has 1 aromatic heterocycles. The Hall–Kier alpha value is -2.04. The number of likely N-dealkylation sites (tertiary alicyclic amines) is 1. The van der Waals surface area contributed by atoms with E-state index < -0.39 is 5.60 Å². The lowest BCUT2D eigenvalue weighted by atomic mass is 9.98. The SMILES string of the molecule is CC(C)(C)OC(=O)N1[C@@H]2CC[C@@H](C2)[C@H]1c1nc2ccccc2[nH]1. The molecule has 2 heterocycles. The van der Waals surface area contributed by atoms with E-state index in [4.69, 9.17) is 9.72 Å². The summed E-state index contributed by atoms with van der Waals surface area (Å²) in [6.45, 7) is 5.74. The third kappa shape index (κ3) is 2.48. The number of aromatic amines is 1. The van der Waals surface area contributed by atoms with Crippen LogP contribution in [-0.4, -0.2) is 32.6 Å². The summed E-state index contributed by atoms with van der Waals surface area (Å²) >= 11 is 0. The van der Waals surface area contributed by atoms with E-state index in [-0.39, 0.29) is 18.2 Å². The lowest BCUT2D eigenvalue weighted by molar-refractivity contribution is 0.00623. The lowest BCUT2D eigenvalue weighted by Gasteiger charge is -2.35. The summed E-state index contributed by atoms with van der Waals surface area (Å²) in [4.78, 5) is 22.8. The number of benzene rings is 1. The van der Waals surface area contributed by atoms with Crippen LogP contribution in [0.4, 0.5) is 4.79 Å². The van der Waals surface area contributed by atoms with Crippen molar-refractivity contribution < 1.29 is 9.53 Å². The number of aromatic nitrogens is 2. The van der Waals surface area contributed by atoms with Crippen molar-refractivity contribution in [1.29, 1.82) is 0 Å². The number of imidazole rings is 1. The number of hydrogen-bond donors (Lipinski definition) is 1. The summed E-state index contributed by atoms with van der Waals surface area (Å²) in [7, 11) is 0. The van der Waals surface area contributed by atoms with Crippen molar-refractivity contribution >= 4 is 17.1 Å². The number of H-pyrrole nitrogens is 1. The van der Waals surface area contributed by atoms with E-state index in [1.165, 1.54) is 0 Å². The second-order valence-corrected chi connectivity index (χ2v) is 7.70. The Balaban J connectivity index is 1.68. The zero-order valence-electron chi connectivity index (χ0n) is 13.9. The zero-order valence-corrected chi connectivity index (χ0v) is 13.9. The van der Waals surface area contributed by atoms with Gasteiger partial charge in [-0.25, -0.2) is 9.78 Å². The van der Waals surface area contributed by atoms with Crippen LogP contribution in [0.25, 0.3) is 11.0 Å². The van der Waals surface area contributed by atoms with Crippen LogP contribution in [0.15, 0.2) is 24.3 Å². The molecule has 5 nitrogen and oxygen atoms in total. The smallest absolute Gasteiger partial charge is 0.411 e. The average Bonchev–Trinajstić information content (AvgIpc) is 3.17. The third-order valence-corrected chi connectivity index (χ3v) is 4.88. The number of carbonyl (C=O) groups excluding carboxylic acids is 1. The van der Waals surface area contributed by atoms with E-state index in [2.05, 4.69) is 4.98 Å². The largest absolute Gasteiger partial charge is 0.444 e. The number of carbonyl (C=O) groups is 1. The summed E-state index contributed by atoms with van der Waals surface area (Å²) < 4.78 is 5.65. The molecule has 2 bridgehead atoms. The second kappa shape index (κ2) is 4.98. The molecule has 3 atom stereocenters. The van der Waals surface area contributed by atoms with Gasteiger partial charge >= 0.3 is 6.09 Å². The van der Waals surface area contributed by atoms with Gasteiger partial charge in [-0.2, -0.15) is 0 Å². The molecule has 1 amide bonds. The first-order valence-corrected chi connectivity index (χ1v) is 8.38. The van der Waals surface area contributed by atoms with Crippen molar-refractivity contribution in [3.8, 4) is 0 Å². The maximum Gasteiger partial charge on any atom is 0.411 e. The van der Waals surface area contributed by atoms with Gasteiger partial charge in [0, 0.05) is 6.04 Å². The molecule has 1 aliphatic heterocycles. The minimum Gasteiger partial charge on any atom is -0.444 e. The standard InChI is InChI=1S/C18H23N3O2/c1-18(2,3)23-17(22)21-12-9-8-11(10-12)15(21)16-19-13-6-4-5-7-14(13)20-16/h4-7,11-12,15H,8-10H2,1-3H3,(H,19,20)/t11-,12+,15-/m0/s1. The Morgan fingerprint density at radius 3 is 2.83 bits per heavy atom. The number of para-hydroxylation sites is 2. The highest BCUT2D eigenvalue weighted by atomic mass is 16.6. The Morgan fingerprint density at radius 2 is 2.09 bits per heavy atom. The van der Waals surface area contributed by atoms with Gasteiger partial charge in [-0.05, 0) is 58.1 Å². The van der Waals surface area contributed by atoms with Crippen molar-refractivity contribution in [2.24, 2.45) is 5.92 Å². The third-order valence-electron chi connectivity index (χ3n) is 4.88. The maximum absolute atomic E-state index is 12.7. The second-order valence-electron chi connectivity index (χ2n) is 7.70. The molecule has 2 fully saturated rings. The topological polar surface area (TPSA) is 58.2 Å². The summed E-state index contributed by atoms with van der Waals surface area (Å²) in [5.74, 6) is 1.37. The van der Waals surface area contributed by atoms with Crippen molar-refractivity contribution in [2.45, 2.75) is 57.7 Å². The van der Waals surface area contributed by atoms with Crippen LogP contribution < -0.4 is 0 Å². The van der Waals surface area contributed by atoms with Crippen LogP contribution in [0.3, 0.4) is 0 Å². The van der Waals surface area contributed by atoms with Gasteiger partial charge in [-0.15, -0.1) is 0 Å². The number of ether oxygens (including phenoxy) is 1. The normalized spacial score (nSPS) is 26.9. The minimum atomic E-state index is -0.475. The van der Waals surface area contributed by atoms with Gasteiger partial charge in [-0.3, -0.25) is 4.90 Å². The first kappa shape index (κ1) is 14.5. The van der Waals surface area contributed by atoms with Crippen LogP contribution in [-0.2, 0) is 4.74 Å². The molecule has 1 saturated heterocycles.